The van der Waals surface area contributed by atoms with Crippen molar-refractivity contribution >= 4 is 16.8 Å². The number of nitrogens with zero attached hydrogens (tertiary/aromatic N) is 4. The quantitative estimate of drug-likeness (QED) is 0.717. The van der Waals surface area contributed by atoms with Gasteiger partial charge in [-0.3, -0.25) is 14.5 Å². The molecule has 1 unspecified atom stereocenters. The Labute approximate surface area is 146 Å². The highest BCUT2D eigenvalue weighted by atomic mass is 16.5. The van der Waals surface area contributed by atoms with Crippen molar-refractivity contribution in [3.05, 3.63) is 60.6 Å². The Morgan fingerprint density at radius 2 is 2.04 bits per heavy atom. The van der Waals surface area contributed by atoms with E-state index in [0.29, 0.717) is 13.2 Å². The highest BCUT2D eigenvalue weighted by Crippen LogP contribution is 2.17. The molecule has 128 valence electrons. The summed E-state index contributed by atoms with van der Waals surface area (Å²) in [7, 11) is 0. The topological polar surface area (TPSA) is 60.2 Å². The lowest BCUT2D eigenvalue weighted by Gasteiger charge is -2.17. The predicted octanol–water partition coefficient (Wildman–Crippen LogP) is 2.25. The minimum Gasteiger partial charge on any atom is -0.372 e. The lowest BCUT2D eigenvalue weighted by molar-refractivity contribution is -0.131. The lowest BCUT2D eigenvalue weighted by Crippen LogP contribution is -2.33. The second kappa shape index (κ2) is 7.03. The summed E-state index contributed by atoms with van der Waals surface area (Å²) in [6.45, 7) is 2.20. The molecule has 1 atom stereocenters. The van der Waals surface area contributed by atoms with Gasteiger partial charge in [0.2, 0.25) is 5.91 Å². The van der Waals surface area contributed by atoms with Crippen LogP contribution >= 0.6 is 0 Å². The van der Waals surface area contributed by atoms with Crippen molar-refractivity contribution in [2.75, 3.05) is 13.1 Å². The number of rotatable bonds is 5. The molecule has 0 N–H and O–H groups in total. The normalized spacial score (nSPS) is 17.3. The summed E-state index contributed by atoms with van der Waals surface area (Å²) in [5.74, 6) is 0.0869. The summed E-state index contributed by atoms with van der Waals surface area (Å²) in [6.07, 6.45) is 6.28. The molecular weight excluding hydrogens is 316 g/mol. The molecule has 0 spiro atoms. The fraction of sp³-hybridized carbons (Fsp3) is 0.316. The van der Waals surface area contributed by atoms with Crippen LogP contribution in [-0.4, -0.2) is 44.8 Å². The second-order valence-corrected chi connectivity index (χ2v) is 6.28. The Morgan fingerprint density at radius 3 is 2.92 bits per heavy atom. The molecule has 3 aromatic rings. The van der Waals surface area contributed by atoms with Gasteiger partial charge in [-0.1, -0.05) is 18.2 Å². The maximum atomic E-state index is 12.6. The molecule has 1 aliphatic heterocycles. The summed E-state index contributed by atoms with van der Waals surface area (Å²) in [4.78, 5) is 18.4. The third-order valence-corrected chi connectivity index (χ3v) is 4.57. The largest absolute Gasteiger partial charge is 0.372 e. The monoisotopic (exact) mass is 336 g/mol. The Hall–Kier alpha value is -2.73. The van der Waals surface area contributed by atoms with Crippen molar-refractivity contribution in [1.82, 2.24) is 19.7 Å². The third kappa shape index (κ3) is 3.53. The van der Waals surface area contributed by atoms with Crippen molar-refractivity contribution in [1.29, 1.82) is 0 Å². The van der Waals surface area contributed by atoms with Crippen molar-refractivity contribution in [3.63, 3.8) is 0 Å². The van der Waals surface area contributed by atoms with Gasteiger partial charge in [0.05, 0.1) is 24.4 Å². The van der Waals surface area contributed by atoms with Crippen LogP contribution in [0.25, 0.3) is 10.9 Å². The number of benzene rings is 1. The van der Waals surface area contributed by atoms with Gasteiger partial charge in [0.1, 0.15) is 6.54 Å². The molecule has 0 saturated carbocycles. The van der Waals surface area contributed by atoms with Crippen molar-refractivity contribution in [2.24, 2.45) is 0 Å². The van der Waals surface area contributed by atoms with Crippen LogP contribution in [0.1, 0.15) is 12.0 Å². The Balaban J connectivity index is 1.33. The summed E-state index contributed by atoms with van der Waals surface area (Å²) < 4.78 is 7.70. The van der Waals surface area contributed by atoms with E-state index >= 15 is 0 Å². The first-order chi connectivity index (χ1) is 12.3. The maximum Gasteiger partial charge on any atom is 0.244 e. The van der Waals surface area contributed by atoms with Gasteiger partial charge in [-0.2, -0.15) is 5.10 Å². The van der Waals surface area contributed by atoms with E-state index in [9.17, 15) is 4.79 Å². The highest BCUT2D eigenvalue weighted by molar-refractivity contribution is 5.82. The molecule has 4 rings (SSSR count). The number of fused-ring (bicyclic) bond motifs is 1. The number of aromatic nitrogens is 3. The van der Waals surface area contributed by atoms with E-state index in [1.807, 2.05) is 41.3 Å². The van der Waals surface area contributed by atoms with Crippen LogP contribution in [0.2, 0.25) is 0 Å². The first-order valence-electron chi connectivity index (χ1n) is 8.48. The molecule has 1 saturated heterocycles. The van der Waals surface area contributed by atoms with E-state index in [1.54, 1.807) is 23.3 Å². The zero-order valence-corrected chi connectivity index (χ0v) is 13.9. The first-order valence-corrected chi connectivity index (χ1v) is 8.48. The fourth-order valence-corrected chi connectivity index (χ4v) is 3.16. The van der Waals surface area contributed by atoms with Crippen molar-refractivity contribution < 1.29 is 9.53 Å². The second-order valence-electron chi connectivity index (χ2n) is 6.28. The van der Waals surface area contributed by atoms with Crippen molar-refractivity contribution in [2.45, 2.75) is 25.7 Å². The Bertz CT molecular complexity index is 862. The van der Waals surface area contributed by atoms with Gasteiger partial charge in [0.15, 0.2) is 0 Å². The molecule has 1 fully saturated rings. The van der Waals surface area contributed by atoms with Gasteiger partial charge in [-0.15, -0.1) is 0 Å². The van der Waals surface area contributed by atoms with Crippen LogP contribution in [0.15, 0.2) is 55.0 Å². The molecule has 0 aliphatic carbocycles. The summed E-state index contributed by atoms with van der Waals surface area (Å²) >= 11 is 0. The van der Waals surface area contributed by atoms with Crippen molar-refractivity contribution in [3.8, 4) is 0 Å². The van der Waals surface area contributed by atoms with Crippen LogP contribution in [0.5, 0.6) is 0 Å². The molecule has 3 heterocycles. The molecule has 1 aromatic carbocycles. The molecule has 2 aromatic heterocycles. The Morgan fingerprint density at radius 1 is 1.20 bits per heavy atom. The molecule has 6 heteroatoms. The van der Waals surface area contributed by atoms with Crippen LogP contribution in [0.3, 0.4) is 0 Å². The number of pyridine rings is 1. The molecule has 1 amide bonds. The van der Waals surface area contributed by atoms with Gasteiger partial charge in [-0.05, 0) is 30.2 Å². The highest BCUT2D eigenvalue weighted by Gasteiger charge is 2.27. The molecule has 25 heavy (non-hydrogen) atoms. The van der Waals surface area contributed by atoms with E-state index in [0.717, 1.165) is 29.4 Å². The van der Waals surface area contributed by atoms with E-state index in [-0.39, 0.29) is 18.6 Å². The average molecular weight is 336 g/mol. The molecule has 1 aliphatic rings. The van der Waals surface area contributed by atoms with Crippen LogP contribution in [-0.2, 0) is 22.7 Å². The fourth-order valence-electron chi connectivity index (χ4n) is 3.16. The number of carbonyl (C=O) groups is 1. The smallest absolute Gasteiger partial charge is 0.244 e. The molecule has 0 radical (unpaired) electrons. The van der Waals surface area contributed by atoms with Crippen LogP contribution in [0.4, 0.5) is 0 Å². The molecule has 6 nitrogen and oxygen atoms in total. The number of ether oxygens (including phenoxy) is 1. The number of hydrogen-bond acceptors (Lipinski definition) is 4. The van der Waals surface area contributed by atoms with E-state index in [1.165, 1.54) is 0 Å². The molecule has 0 bridgehead atoms. The third-order valence-electron chi connectivity index (χ3n) is 4.57. The average Bonchev–Trinajstić information content (AvgIpc) is 3.29. The predicted molar refractivity (Wildman–Crippen MR) is 93.7 cm³/mol. The maximum absolute atomic E-state index is 12.6. The van der Waals surface area contributed by atoms with Gasteiger partial charge in [0, 0.05) is 30.9 Å². The number of para-hydroxylation sites is 1. The zero-order chi connectivity index (χ0) is 17.1. The molecular formula is C19H20N4O2. The summed E-state index contributed by atoms with van der Waals surface area (Å²) in [5, 5.41) is 5.38. The van der Waals surface area contributed by atoms with E-state index < -0.39 is 0 Å². The van der Waals surface area contributed by atoms with E-state index in [2.05, 4.69) is 10.1 Å². The van der Waals surface area contributed by atoms with Crippen LogP contribution in [0, 0.1) is 0 Å². The lowest BCUT2D eigenvalue weighted by atomic mass is 10.2. The van der Waals surface area contributed by atoms with Gasteiger partial charge in [0.25, 0.3) is 0 Å². The number of hydrogen-bond donors (Lipinski definition) is 0. The summed E-state index contributed by atoms with van der Waals surface area (Å²) in [5.41, 5.74) is 2.09. The minimum atomic E-state index is 0.0869. The number of likely N-dealkylation sites (tertiary alicyclic amines) is 1. The summed E-state index contributed by atoms with van der Waals surface area (Å²) in [6, 6.07) is 11.8. The zero-order valence-electron chi connectivity index (χ0n) is 13.9. The minimum absolute atomic E-state index is 0.0869. The van der Waals surface area contributed by atoms with Gasteiger partial charge < -0.3 is 9.64 Å². The van der Waals surface area contributed by atoms with Crippen LogP contribution < -0.4 is 0 Å². The van der Waals surface area contributed by atoms with E-state index in [4.69, 9.17) is 4.74 Å². The number of carbonyl (C=O) groups excluding carboxylic acids is 1. The SMILES string of the molecule is O=C(Cn1ncc2ccccc21)N1CCC(OCc2ccncc2)C1. The standard InChI is InChI=1S/C19H20N4O2/c24-19(13-23-18-4-2-1-3-16(18)11-21-23)22-10-7-17(12-22)25-14-15-5-8-20-9-6-15/h1-6,8-9,11,17H,7,10,12-14H2. The van der Waals surface area contributed by atoms with Gasteiger partial charge in [-0.25, -0.2) is 0 Å². The first kappa shape index (κ1) is 15.8. The number of amides is 1. The Kier molecular flexibility index (Phi) is 4.43. The van der Waals surface area contributed by atoms with Gasteiger partial charge >= 0.3 is 0 Å².